The zero-order chi connectivity index (χ0) is 14.8. The fourth-order valence-electron chi connectivity index (χ4n) is 2.94. The Kier molecular flexibility index (Phi) is 3.75. The summed E-state index contributed by atoms with van der Waals surface area (Å²) in [5, 5.41) is 0.992. The van der Waals surface area contributed by atoms with Gasteiger partial charge in [-0.3, -0.25) is 14.5 Å². The highest BCUT2D eigenvalue weighted by molar-refractivity contribution is 6.10. The molecule has 0 radical (unpaired) electrons. The molecule has 1 amide bonds. The lowest BCUT2D eigenvalue weighted by atomic mass is 10.1. The number of carbonyl (C=O) groups excluding carboxylic acids is 2. The number of para-hydroxylation sites is 1. The third kappa shape index (κ3) is 2.69. The molecular weight excluding hydrogens is 266 g/mol. The SMILES string of the molecule is Cc1[nH]c2ccccc2c1C(=O)CN1CCN(C=O)CC1. The number of carbonyl (C=O) groups is 2. The molecule has 0 bridgehead atoms. The van der Waals surface area contributed by atoms with E-state index in [0.29, 0.717) is 19.6 Å². The number of nitrogens with zero attached hydrogens (tertiary/aromatic N) is 2. The lowest BCUT2D eigenvalue weighted by molar-refractivity contribution is -0.119. The van der Waals surface area contributed by atoms with E-state index >= 15 is 0 Å². The number of rotatable bonds is 4. The third-order valence-corrected chi connectivity index (χ3v) is 4.10. The van der Waals surface area contributed by atoms with Gasteiger partial charge in [0.1, 0.15) is 0 Å². The first-order chi connectivity index (χ1) is 10.2. The number of H-pyrrole nitrogens is 1. The van der Waals surface area contributed by atoms with Crippen molar-refractivity contribution >= 4 is 23.1 Å². The standard InChI is InChI=1S/C16H19N3O2/c1-12-16(13-4-2-3-5-14(13)17-12)15(21)10-18-6-8-19(11-20)9-7-18/h2-5,11,17H,6-10H2,1H3. The maximum Gasteiger partial charge on any atom is 0.209 e. The van der Waals surface area contributed by atoms with Gasteiger partial charge in [-0.05, 0) is 13.0 Å². The summed E-state index contributed by atoms with van der Waals surface area (Å²) < 4.78 is 0. The topological polar surface area (TPSA) is 56.4 Å². The number of fused-ring (bicyclic) bond motifs is 1. The van der Waals surface area contributed by atoms with E-state index in [1.54, 1.807) is 4.90 Å². The fourth-order valence-corrected chi connectivity index (χ4v) is 2.94. The Hall–Kier alpha value is -2.14. The molecule has 1 aliphatic rings. The largest absolute Gasteiger partial charge is 0.358 e. The molecule has 1 aromatic carbocycles. The number of nitrogens with one attached hydrogen (secondary N) is 1. The highest BCUT2D eigenvalue weighted by Crippen LogP contribution is 2.22. The van der Waals surface area contributed by atoms with Gasteiger partial charge in [-0.2, -0.15) is 0 Å². The fraction of sp³-hybridized carbons (Fsp3) is 0.375. The number of ketones is 1. The molecule has 5 nitrogen and oxygen atoms in total. The van der Waals surface area contributed by atoms with Gasteiger partial charge in [-0.15, -0.1) is 0 Å². The number of Topliss-reactive ketones (excluding diaryl/α,β-unsaturated/α-hetero) is 1. The quantitative estimate of drug-likeness (QED) is 0.683. The second-order valence-electron chi connectivity index (χ2n) is 5.51. The number of piperazine rings is 1. The molecule has 0 unspecified atom stereocenters. The molecule has 1 fully saturated rings. The normalized spacial score (nSPS) is 16.3. The molecule has 2 aromatic rings. The predicted octanol–water partition coefficient (Wildman–Crippen LogP) is 1.43. The first-order valence-electron chi connectivity index (χ1n) is 7.21. The van der Waals surface area contributed by atoms with Crippen LogP contribution in [0.3, 0.4) is 0 Å². The molecule has 0 atom stereocenters. The molecule has 1 aliphatic heterocycles. The van der Waals surface area contributed by atoms with Crippen molar-refractivity contribution in [1.29, 1.82) is 0 Å². The average molecular weight is 285 g/mol. The average Bonchev–Trinajstić information content (AvgIpc) is 2.83. The Morgan fingerprint density at radius 3 is 2.67 bits per heavy atom. The number of aromatic nitrogens is 1. The van der Waals surface area contributed by atoms with Crippen LogP contribution in [0.25, 0.3) is 10.9 Å². The third-order valence-electron chi connectivity index (χ3n) is 4.10. The molecule has 1 saturated heterocycles. The Morgan fingerprint density at radius 2 is 1.95 bits per heavy atom. The highest BCUT2D eigenvalue weighted by atomic mass is 16.1. The molecule has 21 heavy (non-hydrogen) atoms. The van der Waals surface area contributed by atoms with Crippen LogP contribution in [0, 0.1) is 6.92 Å². The Morgan fingerprint density at radius 1 is 1.24 bits per heavy atom. The van der Waals surface area contributed by atoms with E-state index in [4.69, 9.17) is 0 Å². The van der Waals surface area contributed by atoms with Crippen molar-refractivity contribution in [3.63, 3.8) is 0 Å². The summed E-state index contributed by atoms with van der Waals surface area (Å²) in [4.78, 5) is 30.4. The van der Waals surface area contributed by atoms with Gasteiger partial charge in [-0.25, -0.2) is 0 Å². The zero-order valence-corrected chi connectivity index (χ0v) is 12.1. The van der Waals surface area contributed by atoms with Crippen LogP contribution in [0.5, 0.6) is 0 Å². The van der Waals surface area contributed by atoms with E-state index in [-0.39, 0.29) is 5.78 Å². The Bertz CT molecular complexity index is 669. The van der Waals surface area contributed by atoms with Gasteiger partial charge in [-0.1, -0.05) is 18.2 Å². The number of amides is 1. The van der Waals surface area contributed by atoms with Gasteiger partial charge in [0.15, 0.2) is 5.78 Å². The minimum atomic E-state index is 0.143. The minimum absolute atomic E-state index is 0.143. The van der Waals surface area contributed by atoms with Crippen LogP contribution < -0.4 is 0 Å². The highest BCUT2D eigenvalue weighted by Gasteiger charge is 2.21. The van der Waals surface area contributed by atoms with Gasteiger partial charge < -0.3 is 9.88 Å². The van der Waals surface area contributed by atoms with Crippen LogP contribution in [-0.4, -0.2) is 59.7 Å². The van der Waals surface area contributed by atoms with Crippen molar-refractivity contribution < 1.29 is 9.59 Å². The number of aromatic amines is 1. The van der Waals surface area contributed by atoms with Crippen LogP contribution >= 0.6 is 0 Å². The van der Waals surface area contributed by atoms with Gasteiger partial charge in [0.05, 0.1) is 6.54 Å². The van der Waals surface area contributed by atoms with Crippen LogP contribution in [0.15, 0.2) is 24.3 Å². The molecule has 1 N–H and O–H groups in total. The van der Waals surface area contributed by atoms with Crippen molar-refractivity contribution in [2.45, 2.75) is 6.92 Å². The molecule has 1 aromatic heterocycles. The van der Waals surface area contributed by atoms with Gasteiger partial charge >= 0.3 is 0 Å². The van der Waals surface area contributed by atoms with Crippen LogP contribution in [0.4, 0.5) is 0 Å². The molecular formula is C16H19N3O2. The number of hydrogen-bond donors (Lipinski definition) is 1. The van der Waals surface area contributed by atoms with Crippen molar-refractivity contribution in [3.8, 4) is 0 Å². The Labute approximate surface area is 123 Å². The van der Waals surface area contributed by atoms with Gasteiger partial charge in [0.2, 0.25) is 6.41 Å². The second-order valence-corrected chi connectivity index (χ2v) is 5.51. The second kappa shape index (κ2) is 5.69. The zero-order valence-electron chi connectivity index (χ0n) is 12.1. The van der Waals surface area contributed by atoms with E-state index in [0.717, 1.165) is 41.7 Å². The molecule has 2 heterocycles. The number of benzene rings is 1. The van der Waals surface area contributed by atoms with Crippen molar-refractivity contribution in [3.05, 3.63) is 35.5 Å². The smallest absolute Gasteiger partial charge is 0.209 e. The van der Waals surface area contributed by atoms with Crippen molar-refractivity contribution in [1.82, 2.24) is 14.8 Å². The summed E-state index contributed by atoms with van der Waals surface area (Å²) in [7, 11) is 0. The van der Waals surface area contributed by atoms with Crippen molar-refractivity contribution in [2.24, 2.45) is 0 Å². The van der Waals surface area contributed by atoms with Gasteiger partial charge in [0.25, 0.3) is 0 Å². The summed E-state index contributed by atoms with van der Waals surface area (Å²) in [5.74, 6) is 0.143. The van der Waals surface area contributed by atoms with Gasteiger partial charge in [0, 0.05) is 48.3 Å². The van der Waals surface area contributed by atoms with E-state index in [1.807, 2.05) is 31.2 Å². The monoisotopic (exact) mass is 285 g/mol. The molecule has 0 spiro atoms. The van der Waals surface area contributed by atoms with Crippen LogP contribution in [0.1, 0.15) is 16.1 Å². The summed E-state index contributed by atoms with van der Waals surface area (Å²) in [6.07, 6.45) is 0.878. The summed E-state index contributed by atoms with van der Waals surface area (Å²) >= 11 is 0. The maximum absolute atomic E-state index is 12.6. The molecule has 0 aliphatic carbocycles. The van der Waals surface area contributed by atoms with Crippen LogP contribution in [-0.2, 0) is 4.79 Å². The summed E-state index contributed by atoms with van der Waals surface area (Å²) in [6, 6.07) is 7.89. The van der Waals surface area contributed by atoms with E-state index < -0.39 is 0 Å². The van der Waals surface area contributed by atoms with Crippen LogP contribution in [0.2, 0.25) is 0 Å². The first kappa shape index (κ1) is 13.8. The minimum Gasteiger partial charge on any atom is -0.358 e. The van der Waals surface area contributed by atoms with E-state index in [1.165, 1.54) is 0 Å². The Balaban J connectivity index is 1.76. The van der Waals surface area contributed by atoms with E-state index in [2.05, 4.69) is 9.88 Å². The summed E-state index contributed by atoms with van der Waals surface area (Å²) in [6.45, 7) is 5.26. The summed E-state index contributed by atoms with van der Waals surface area (Å²) in [5.41, 5.74) is 2.72. The van der Waals surface area contributed by atoms with E-state index in [9.17, 15) is 9.59 Å². The lowest BCUT2D eigenvalue weighted by Gasteiger charge is -2.31. The number of aryl methyl sites for hydroxylation is 1. The maximum atomic E-state index is 12.6. The molecule has 110 valence electrons. The van der Waals surface area contributed by atoms with Crippen molar-refractivity contribution in [2.75, 3.05) is 32.7 Å². The molecule has 5 heteroatoms. The molecule has 0 saturated carbocycles. The molecule has 3 rings (SSSR count). The lowest BCUT2D eigenvalue weighted by Crippen LogP contribution is -2.47. The predicted molar refractivity (Wildman–Crippen MR) is 81.4 cm³/mol. The number of hydrogen-bond acceptors (Lipinski definition) is 3. The first-order valence-corrected chi connectivity index (χ1v) is 7.21.